The van der Waals surface area contributed by atoms with E-state index in [1.54, 1.807) is 17.4 Å². The van der Waals surface area contributed by atoms with Gasteiger partial charge in [0.1, 0.15) is 11.4 Å². The molecule has 6 heteroatoms. The Kier molecular flexibility index (Phi) is 4.46. The van der Waals surface area contributed by atoms with Gasteiger partial charge in [0.25, 0.3) is 0 Å². The van der Waals surface area contributed by atoms with E-state index < -0.39 is 5.60 Å². The molecule has 1 amide bonds. The van der Waals surface area contributed by atoms with Crippen molar-refractivity contribution in [2.24, 2.45) is 0 Å². The number of anilines is 1. The first-order valence-corrected chi connectivity index (χ1v) is 8.15. The lowest BCUT2D eigenvalue weighted by Crippen LogP contribution is -2.50. The van der Waals surface area contributed by atoms with Gasteiger partial charge >= 0.3 is 6.09 Å². The van der Waals surface area contributed by atoms with Crippen molar-refractivity contribution in [1.82, 2.24) is 9.88 Å². The number of ether oxygens (including phenoxy) is 1. The molecule has 1 saturated heterocycles. The number of furan rings is 1. The summed E-state index contributed by atoms with van der Waals surface area (Å²) in [6.45, 7) is 8.38. The van der Waals surface area contributed by atoms with Crippen molar-refractivity contribution in [3.8, 4) is 11.3 Å². The molecule has 3 heterocycles. The third kappa shape index (κ3) is 3.88. The summed E-state index contributed by atoms with van der Waals surface area (Å²) in [6.07, 6.45) is 3.08. The van der Waals surface area contributed by atoms with Crippen molar-refractivity contribution < 1.29 is 13.9 Å². The molecule has 0 saturated carbocycles. The minimum absolute atomic E-state index is 0.248. The van der Waals surface area contributed by atoms with Crippen LogP contribution in [-0.2, 0) is 4.74 Å². The van der Waals surface area contributed by atoms with Gasteiger partial charge in [-0.1, -0.05) is 6.07 Å². The number of carbonyl (C=O) groups is 1. The van der Waals surface area contributed by atoms with Gasteiger partial charge in [-0.2, -0.15) is 0 Å². The molecule has 0 radical (unpaired) electrons. The van der Waals surface area contributed by atoms with Crippen LogP contribution in [0.1, 0.15) is 20.8 Å². The summed E-state index contributed by atoms with van der Waals surface area (Å²) in [5.74, 6) is 0.914. The highest BCUT2D eigenvalue weighted by molar-refractivity contribution is 5.68. The van der Waals surface area contributed by atoms with Crippen molar-refractivity contribution in [3.05, 3.63) is 36.8 Å². The van der Waals surface area contributed by atoms with Crippen LogP contribution in [0.25, 0.3) is 11.3 Å². The number of pyridine rings is 1. The highest BCUT2D eigenvalue weighted by atomic mass is 16.6. The zero-order valence-corrected chi connectivity index (χ0v) is 14.4. The Morgan fingerprint density at radius 3 is 2.54 bits per heavy atom. The predicted octanol–water partition coefficient (Wildman–Crippen LogP) is 3.40. The van der Waals surface area contributed by atoms with E-state index in [0.29, 0.717) is 13.1 Å². The number of hydrogen-bond donors (Lipinski definition) is 0. The average molecular weight is 329 g/mol. The van der Waals surface area contributed by atoms with Crippen LogP contribution in [0.3, 0.4) is 0 Å². The maximum Gasteiger partial charge on any atom is 0.410 e. The topological polar surface area (TPSA) is 58.8 Å². The summed E-state index contributed by atoms with van der Waals surface area (Å²) >= 11 is 0. The van der Waals surface area contributed by atoms with Gasteiger partial charge in [-0.3, -0.25) is 0 Å². The van der Waals surface area contributed by atoms with E-state index in [2.05, 4.69) is 4.90 Å². The highest BCUT2D eigenvalue weighted by Crippen LogP contribution is 2.22. The second kappa shape index (κ2) is 6.55. The lowest BCUT2D eigenvalue weighted by atomic mass is 10.2. The fourth-order valence-electron chi connectivity index (χ4n) is 2.61. The van der Waals surface area contributed by atoms with Gasteiger partial charge < -0.3 is 19.0 Å². The molecule has 2 aromatic rings. The maximum atomic E-state index is 12.1. The van der Waals surface area contributed by atoms with E-state index in [4.69, 9.17) is 14.1 Å². The van der Waals surface area contributed by atoms with Gasteiger partial charge in [-0.25, -0.2) is 9.78 Å². The molecular weight excluding hydrogens is 306 g/mol. The number of piperazine rings is 1. The molecule has 0 N–H and O–H groups in total. The molecule has 128 valence electrons. The van der Waals surface area contributed by atoms with Crippen LogP contribution >= 0.6 is 0 Å². The maximum absolute atomic E-state index is 12.1. The zero-order chi connectivity index (χ0) is 17.2. The van der Waals surface area contributed by atoms with Crippen LogP contribution in [0.5, 0.6) is 0 Å². The summed E-state index contributed by atoms with van der Waals surface area (Å²) in [5.41, 5.74) is 1.38. The minimum Gasteiger partial charge on any atom is -0.472 e. The van der Waals surface area contributed by atoms with Crippen LogP contribution in [0.15, 0.2) is 41.2 Å². The predicted molar refractivity (Wildman–Crippen MR) is 92.0 cm³/mol. The quantitative estimate of drug-likeness (QED) is 0.845. The highest BCUT2D eigenvalue weighted by Gasteiger charge is 2.26. The van der Waals surface area contributed by atoms with Crippen LogP contribution in [0.4, 0.5) is 10.6 Å². The first-order chi connectivity index (χ1) is 11.4. The van der Waals surface area contributed by atoms with Crippen LogP contribution < -0.4 is 4.90 Å². The molecule has 0 aromatic carbocycles. The Morgan fingerprint density at radius 2 is 1.92 bits per heavy atom. The van der Waals surface area contributed by atoms with Crippen molar-refractivity contribution in [1.29, 1.82) is 0 Å². The molecule has 0 bridgehead atoms. The molecule has 1 fully saturated rings. The van der Waals surface area contributed by atoms with Gasteiger partial charge in [-0.15, -0.1) is 0 Å². The fourth-order valence-corrected chi connectivity index (χ4v) is 2.61. The molecule has 0 spiro atoms. The second-order valence-corrected chi connectivity index (χ2v) is 6.85. The van der Waals surface area contributed by atoms with E-state index in [9.17, 15) is 4.79 Å². The summed E-state index contributed by atoms with van der Waals surface area (Å²) in [5, 5.41) is 0. The number of hydrogen-bond acceptors (Lipinski definition) is 5. The van der Waals surface area contributed by atoms with Gasteiger partial charge in [0, 0.05) is 31.7 Å². The average Bonchev–Trinajstić information content (AvgIpc) is 3.08. The third-order valence-corrected chi connectivity index (χ3v) is 3.81. The molecule has 0 aliphatic carbocycles. The molecule has 24 heavy (non-hydrogen) atoms. The first-order valence-electron chi connectivity index (χ1n) is 8.15. The summed E-state index contributed by atoms with van der Waals surface area (Å²) in [4.78, 5) is 20.8. The molecule has 0 unspecified atom stereocenters. The number of nitrogens with zero attached hydrogens (tertiary/aromatic N) is 3. The molecule has 0 atom stereocenters. The van der Waals surface area contributed by atoms with Crippen molar-refractivity contribution in [3.63, 3.8) is 0 Å². The van der Waals surface area contributed by atoms with Crippen molar-refractivity contribution >= 4 is 11.9 Å². The standard InChI is InChI=1S/C18H23N3O3/c1-18(2,3)24-17(22)21-10-8-20(9-11-21)16-6-4-5-15(19-16)14-7-12-23-13-14/h4-7,12-13H,8-11H2,1-3H3. The monoisotopic (exact) mass is 329 g/mol. The van der Waals surface area contributed by atoms with Crippen molar-refractivity contribution in [2.45, 2.75) is 26.4 Å². The number of rotatable bonds is 2. The van der Waals surface area contributed by atoms with Crippen LogP contribution in [-0.4, -0.2) is 47.8 Å². The summed E-state index contributed by atoms with van der Waals surface area (Å²) in [7, 11) is 0. The molecule has 3 rings (SSSR count). The number of carbonyl (C=O) groups excluding carboxylic acids is 1. The largest absolute Gasteiger partial charge is 0.472 e. The Morgan fingerprint density at radius 1 is 1.17 bits per heavy atom. The Balaban J connectivity index is 1.63. The van der Waals surface area contributed by atoms with E-state index >= 15 is 0 Å². The molecule has 1 aliphatic rings. The molecule has 1 aliphatic heterocycles. The number of aromatic nitrogens is 1. The minimum atomic E-state index is -0.464. The second-order valence-electron chi connectivity index (χ2n) is 6.85. The normalized spacial score (nSPS) is 15.5. The smallest absolute Gasteiger partial charge is 0.410 e. The van der Waals surface area contributed by atoms with Gasteiger partial charge in [0.05, 0.1) is 18.2 Å². The fraction of sp³-hybridized carbons (Fsp3) is 0.444. The summed E-state index contributed by atoms with van der Waals surface area (Å²) < 4.78 is 10.6. The zero-order valence-electron chi connectivity index (χ0n) is 14.4. The summed E-state index contributed by atoms with van der Waals surface area (Å²) in [6, 6.07) is 7.84. The van der Waals surface area contributed by atoms with E-state index in [1.165, 1.54) is 0 Å². The Labute approximate surface area is 142 Å². The first kappa shape index (κ1) is 16.4. The molecule has 2 aromatic heterocycles. The van der Waals surface area contributed by atoms with Gasteiger partial charge in [-0.05, 0) is 39.0 Å². The lowest BCUT2D eigenvalue weighted by Gasteiger charge is -2.36. The van der Waals surface area contributed by atoms with E-state index in [-0.39, 0.29) is 6.09 Å². The Bertz CT molecular complexity index is 684. The van der Waals surface area contributed by atoms with Crippen LogP contribution in [0.2, 0.25) is 0 Å². The van der Waals surface area contributed by atoms with Gasteiger partial charge in [0.2, 0.25) is 0 Å². The van der Waals surface area contributed by atoms with E-state index in [1.807, 2.05) is 45.0 Å². The van der Waals surface area contributed by atoms with Gasteiger partial charge in [0.15, 0.2) is 0 Å². The van der Waals surface area contributed by atoms with Crippen molar-refractivity contribution in [2.75, 3.05) is 31.1 Å². The Hall–Kier alpha value is -2.50. The van der Waals surface area contributed by atoms with Crippen LogP contribution in [0, 0.1) is 0 Å². The number of amides is 1. The lowest BCUT2D eigenvalue weighted by molar-refractivity contribution is 0.0240. The third-order valence-electron chi connectivity index (χ3n) is 3.81. The van der Waals surface area contributed by atoms with E-state index in [0.717, 1.165) is 30.2 Å². The SMILES string of the molecule is CC(C)(C)OC(=O)N1CCN(c2cccc(-c3ccoc3)n2)CC1. The molecule has 6 nitrogen and oxygen atoms in total. The molecular formula is C18H23N3O3.